The summed E-state index contributed by atoms with van der Waals surface area (Å²) in [6, 6.07) is 15.3. The summed E-state index contributed by atoms with van der Waals surface area (Å²) >= 11 is 3.69. The van der Waals surface area contributed by atoms with Crippen LogP contribution in [0.25, 0.3) is 0 Å². The van der Waals surface area contributed by atoms with Crippen molar-refractivity contribution < 1.29 is 9.37 Å². The lowest BCUT2D eigenvalue weighted by atomic mass is 9.75. The third-order valence-electron chi connectivity index (χ3n) is 9.20. The molecule has 2 heterocycles. The number of halogens is 1. The highest BCUT2D eigenvalue weighted by Gasteiger charge is 2.46. The molecular weight excluding hydrogens is 556 g/mol. The van der Waals surface area contributed by atoms with E-state index in [9.17, 15) is 4.79 Å². The second-order valence-corrected chi connectivity index (χ2v) is 13.5. The monoisotopic (exact) mass is 599 g/mol. The zero-order valence-corrected chi connectivity index (χ0v) is 26.9. The van der Waals surface area contributed by atoms with Gasteiger partial charge in [-0.05, 0) is 62.6 Å². The number of fused-ring (bicyclic) bond motifs is 2. The summed E-state index contributed by atoms with van der Waals surface area (Å²) < 4.78 is 3.52. The second-order valence-electron chi connectivity index (χ2n) is 12.6. The molecule has 2 aromatic carbocycles. The standard InChI is InChI=1S/C36H44BrN2O/c1-8-10-11-14-20-39-31-18-17-25(37)21-29(31)36(6,7)33(39)23-27-24(3)26(34(27)40)22-32-35(4,5)28-15-12-13-16-30(28)38(32)19-9-2/h12-13,15-18,21-23H,8-11,14,19-20H2,1-7H3/q+1. The summed E-state index contributed by atoms with van der Waals surface area (Å²) in [6.45, 7) is 17.7. The molecule has 0 amide bonds. The Bertz CT molecular complexity index is 1480. The van der Waals surface area contributed by atoms with Crippen molar-refractivity contribution in [1.82, 2.24) is 0 Å². The number of carbonyl (C=O) groups is 1. The molecule has 1 aliphatic carbocycles. The molecule has 4 heteroatoms. The Balaban J connectivity index is 1.55. The zero-order valence-electron chi connectivity index (χ0n) is 25.3. The predicted molar refractivity (Wildman–Crippen MR) is 172 cm³/mol. The molecule has 3 nitrogen and oxygen atoms in total. The van der Waals surface area contributed by atoms with E-state index in [1.54, 1.807) is 0 Å². The largest absolute Gasteiger partial charge is 0.344 e. The topological polar surface area (TPSA) is 23.3 Å². The van der Waals surface area contributed by atoms with Gasteiger partial charge in [-0.1, -0.05) is 81.1 Å². The molecule has 2 aromatic rings. The molecule has 0 N–H and O–H groups in total. The Morgan fingerprint density at radius 3 is 2.35 bits per heavy atom. The Labute approximate surface area is 249 Å². The lowest BCUT2D eigenvalue weighted by Gasteiger charge is -2.30. The van der Waals surface area contributed by atoms with Gasteiger partial charge in [-0.3, -0.25) is 4.79 Å². The van der Waals surface area contributed by atoms with Gasteiger partial charge in [0.25, 0.3) is 0 Å². The van der Waals surface area contributed by atoms with Crippen LogP contribution in [0.2, 0.25) is 0 Å². The lowest BCUT2D eigenvalue weighted by Crippen LogP contribution is -2.32. The number of carbonyl (C=O) groups excluding carboxylic acids is 1. The van der Waals surface area contributed by atoms with Crippen molar-refractivity contribution in [1.29, 1.82) is 0 Å². The highest BCUT2D eigenvalue weighted by molar-refractivity contribution is 9.10. The third-order valence-corrected chi connectivity index (χ3v) is 9.69. The van der Waals surface area contributed by atoms with Crippen molar-refractivity contribution in [3.63, 3.8) is 0 Å². The molecule has 0 spiro atoms. The molecule has 0 saturated carbocycles. The van der Waals surface area contributed by atoms with Crippen molar-refractivity contribution in [3.8, 4) is 0 Å². The quantitative estimate of drug-likeness (QED) is 0.163. The molecule has 0 fully saturated rings. The Kier molecular flexibility index (Phi) is 7.87. The normalized spacial score (nSPS) is 21.0. The van der Waals surface area contributed by atoms with Crippen LogP contribution in [0, 0.1) is 0 Å². The van der Waals surface area contributed by atoms with Crippen LogP contribution in [0.1, 0.15) is 91.7 Å². The summed E-state index contributed by atoms with van der Waals surface area (Å²) in [7, 11) is 0. The molecule has 210 valence electrons. The van der Waals surface area contributed by atoms with Gasteiger partial charge in [0.05, 0.1) is 5.41 Å². The number of anilines is 1. The lowest BCUT2D eigenvalue weighted by molar-refractivity contribution is -0.437. The van der Waals surface area contributed by atoms with E-state index >= 15 is 0 Å². The minimum atomic E-state index is -0.182. The van der Waals surface area contributed by atoms with E-state index in [4.69, 9.17) is 0 Å². The smallest absolute Gasteiger partial charge is 0.209 e. The fourth-order valence-electron chi connectivity index (χ4n) is 6.80. The predicted octanol–water partition coefficient (Wildman–Crippen LogP) is 9.32. The number of ketones is 1. The van der Waals surface area contributed by atoms with Crippen LogP contribution in [0.4, 0.5) is 11.4 Å². The van der Waals surface area contributed by atoms with E-state index in [0.29, 0.717) is 0 Å². The minimum Gasteiger partial charge on any atom is -0.344 e. The van der Waals surface area contributed by atoms with Gasteiger partial charge in [0.15, 0.2) is 11.5 Å². The molecule has 0 saturated heterocycles. The van der Waals surface area contributed by atoms with Gasteiger partial charge in [-0.2, -0.15) is 4.58 Å². The van der Waals surface area contributed by atoms with Gasteiger partial charge < -0.3 is 4.90 Å². The summed E-state index contributed by atoms with van der Waals surface area (Å²) in [6.07, 6.45) is 10.3. The second kappa shape index (κ2) is 10.9. The molecule has 40 heavy (non-hydrogen) atoms. The molecular formula is C36H44BrN2O+. The first-order chi connectivity index (χ1) is 19.0. The molecule has 0 radical (unpaired) electrons. The van der Waals surface area contributed by atoms with Gasteiger partial charge >= 0.3 is 0 Å². The summed E-state index contributed by atoms with van der Waals surface area (Å²) in [5.74, 6) is 0.166. The number of nitrogens with zero attached hydrogens (tertiary/aromatic N) is 2. The zero-order chi connectivity index (χ0) is 28.8. The summed E-state index contributed by atoms with van der Waals surface area (Å²) in [4.78, 5) is 16.3. The Hall–Kier alpha value is -2.72. The average Bonchev–Trinajstić information content (AvgIpc) is 3.26. The molecule has 0 atom stereocenters. The minimum absolute atomic E-state index is 0.148. The first kappa shape index (κ1) is 28.8. The van der Waals surface area contributed by atoms with Crippen molar-refractivity contribution in [3.05, 3.63) is 92.6 Å². The molecule has 3 aliphatic rings. The van der Waals surface area contributed by atoms with Gasteiger partial charge in [0, 0.05) is 63.1 Å². The number of hydrogen-bond acceptors (Lipinski definition) is 2. The van der Waals surface area contributed by atoms with Crippen molar-refractivity contribution in [2.24, 2.45) is 0 Å². The highest BCUT2D eigenvalue weighted by Crippen LogP contribution is 2.50. The van der Waals surface area contributed by atoms with Crippen LogP contribution >= 0.6 is 15.9 Å². The van der Waals surface area contributed by atoms with Crippen LogP contribution in [0.3, 0.4) is 0 Å². The number of hydrogen-bond donors (Lipinski definition) is 0. The molecule has 0 unspecified atom stereocenters. The van der Waals surface area contributed by atoms with Crippen molar-refractivity contribution in [2.75, 3.05) is 18.0 Å². The Morgan fingerprint density at radius 1 is 0.900 bits per heavy atom. The fourth-order valence-corrected chi connectivity index (χ4v) is 7.16. The summed E-state index contributed by atoms with van der Waals surface area (Å²) in [5, 5.41) is 0. The summed E-state index contributed by atoms with van der Waals surface area (Å²) in [5.41, 5.74) is 10.1. The van der Waals surface area contributed by atoms with Crippen molar-refractivity contribution in [2.45, 2.75) is 91.4 Å². The Morgan fingerprint density at radius 2 is 1.65 bits per heavy atom. The van der Waals surface area contributed by atoms with Gasteiger partial charge in [0.1, 0.15) is 6.54 Å². The maximum atomic E-state index is 13.8. The van der Waals surface area contributed by atoms with E-state index < -0.39 is 0 Å². The van der Waals surface area contributed by atoms with E-state index in [1.807, 2.05) is 0 Å². The molecule has 5 rings (SSSR count). The average molecular weight is 601 g/mol. The number of allylic oxidation sites excluding steroid dienone is 6. The van der Waals surface area contributed by atoms with E-state index in [1.165, 1.54) is 53.2 Å². The first-order valence-electron chi connectivity index (χ1n) is 15.1. The van der Waals surface area contributed by atoms with Gasteiger partial charge in [-0.25, -0.2) is 0 Å². The number of benzene rings is 2. The number of unbranched alkanes of at least 4 members (excludes halogenated alkanes) is 3. The van der Waals surface area contributed by atoms with E-state index in [0.717, 1.165) is 47.1 Å². The number of Topliss-reactive ketones (excluding diaryl/α,β-unsaturated/α-hetero) is 1. The van der Waals surface area contributed by atoms with Crippen LogP contribution in [-0.4, -0.2) is 29.2 Å². The van der Waals surface area contributed by atoms with Crippen LogP contribution in [0.5, 0.6) is 0 Å². The van der Waals surface area contributed by atoms with Crippen LogP contribution in [-0.2, 0) is 15.6 Å². The molecule has 0 aromatic heterocycles. The number of para-hydroxylation sites is 1. The SMILES string of the molecule is CCCCCCN1C(=CC2=C(C)C(=CC3=[N+](CCC)c4ccccc4C3(C)C)C2=O)C(C)(C)c2cc(Br)ccc21. The highest BCUT2D eigenvalue weighted by atomic mass is 79.9. The van der Waals surface area contributed by atoms with Crippen LogP contribution in [0.15, 0.2) is 81.5 Å². The maximum Gasteiger partial charge on any atom is 0.209 e. The van der Waals surface area contributed by atoms with Crippen LogP contribution < -0.4 is 4.90 Å². The molecule has 2 aliphatic heterocycles. The maximum absolute atomic E-state index is 13.8. The van der Waals surface area contributed by atoms with Crippen molar-refractivity contribution >= 4 is 38.8 Å². The third kappa shape index (κ3) is 4.66. The van der Waals surface area contributed by atoms with Gasteiger partial charge in [-0.15, -0.1) is 0 Å². The fraction of sp³-hybridized carbons (Fsp3) is 0.444. The van der Waals surface area contributed by atoms with E-state index in [-0.39, 0.29) is 16.6 Å². The number of rotatable bonds is 9. The van der Waals surface area contributed by atoms with Gasteiger partial charge in [0.2, 0.25) is 5.69 Å². The van der Waals surface area contributed by atoms with E-state index in [2.05, 4.69) is 128 Å². The molecule has 0 bridgehead atoms. The first-order valence-corrected chi connectivity index (χ1v) is 15.8.